The lowest BCUT2D eigenvalue weighted by Gasteiger charge is -2.38. The van der Waals surface area contributed by atoms with Crippen molar-refractivity contribution in [3.8, 4) is 0 Å². The Balaban J connectivity index is 2.53. The Hall–Kier alpha value is -0.610. The minimum absolute atomic E-state index is 0.0933. The lowest BCUT2D eigenvalue weighted by Crippen LogP contribution is -2.52. The van der Waals surface area contributed by atoms with Gasteiger partial charge in [-0.15, -0.1) is 0 Å². The molecular formula is C17H34N2O2. The summed E-state index contributed by atoms with van der Waals surface area (Å²) in [6, 6.07) is 0.490. The number of carbonyl (C=O) groups excluding carboxylic acids is 1. The highest BCUT2D eigenvalue weighted by atomic mass is 16.5. The standard InChI is InChI=1S/C17H34N2O2/c1-6-8-14-9-15(18-13-17(3,4)5)11-19(10-14)12-16(20)21-7-2/h14-15,18H,6-13H2,1-5H3. The van der Waals surface area contributed by atoms with E-state index in [0.717, 1.165) is 19.6 Å². The van der Waals surface area contributed by atoms with Crippen molar-refractivity contribution in [1.82, 2.24) is 10.2 Å². The zero-order valence-corrected chi connectivity index (χ0v) is 14.6. The molecule has 2 atom stereocenters. The van der Waals surface area contributed by atoms with Crippen LogP contribution in [-0.2, 0) is 9.53 Å². The molecule has 1 rings (SSSR count). The van der Waals surface area contributed by atoms with E-state index in [1.807, 2.05) is 6.92 Å². The Morgan fingerprint density at radius 1 is 1.29 bits per heavy atom. The summed E-state index contributed by atoms with van der Waals surface area (Å²) >= 11 is 0. The van der Waals surface area contributed by atoms with Crippen LogP contribution in [0.5, 0.6) is 0 Å². The number of rotatable bonds is 7. The summed E-state index contributed by atoms with van der Waals surface area (Å²) in [4.78, 5) is 14.0. The molecule has 1 N–H and O–H groups in total. The number of ether oxygens (including phenoxy) is 1. The number of nitrogens with one attached hydrogen (secondary N) is 1. The zero-order chi connectivity index (χ0) is 15.9. The maximum absolute atomic E-state index is 11.7. The SMILES string of the molecule is CCCC1CC(NCC(C)(C)C)CN(CC(=O)OCC)C1. The zero-order valence-electron chi connectivity index (χ0n) is 14.6. The number of hydrogen-bond acceptors (Lipinski definition) is 4. The third-order valence-electron chi connectivity index (χ3n) is 3.89. The van der Waals surface area contributed by atoms with Gasteiger partial charge in [0, 0.05) is 25.7 Å². The summed E-state index contributed by atoms with van der Waals surface area (Å²) in [5.74, 6) is 0.597. The van der Waals surface area contributed by atoms with Crippen LogP contribution in [0.25, 0.3) is 0 Å². The molecular weight excluding hydrogens is 264 g/mol. The number of esters is 1. The van der Waals surface area contributed by atoms with E-state index in [4.69, 9.17) is 4.74 Å². The van der Waals surface area contributed by atoms with Crippen molar-refractivity contribution in [2.45, 2.75) is 59.9 Å². The quantitative estimate of drug-likeness (QED) is 0.734. The van der Waals surface area contributed by atoms with Crippen molar-refractivity contribution >= 4 is 5.97 Å². The van der Waals surface area contributed by atoms with Gasteiger partial charge in [-0.1, -0.05) is 34.1 Å². The van der Waals surface area contributed by atoms with Gasteiger partial charge in [-0.3, -0.25) is 9.69 Å². The molecule has 1 heterocycles. The van der Waals surface area contributed by atoms with E-state index in [1.54, 1.807) is 0 Å². The molecule has 1 saturated heterocycles. The molecule has 0 radical (unpaired) electrons. The van der Waals surface area contributed by atoms with Crippen LogP contribution in [0.15, 0.2) is 0 Å². The minimum Gasteiger partial charge on any atom is -0.465 e. The van der Waals surface area contributed by atoms with Gasteiger partial charge in [-0.05, 0) is 31.1 Å². The van der Waals surface area contributed by atoms with Gasteiger partial charge in [-0.25, -0.2) is 0 Å². The Morgan fingerprint density at radius 2 is 2.00 bits per heavy atom. The molecule has 1 aliphatic rings. The van der Waals surface area contributed by atoms with E-state index in [9.17, 15) is 4.79 Å². The van der Waals surface area contributed by atoms with Gasteiger partial charge >= 0.3 is 5.97 Å². The monoisotopic (exact) mass is 298 g/mol. The third kappa shape index (κ3) is 7.82. The first kappa shape index (κ1) is 18.4. The second kappa shape index (κ2) is 8.74. The number of piperidine rings is 1. The van der Waals surface area contributed by atoms with E-state index >= 15 is 0 Å². The second-order valence-corrected chi connectivity index (χ2v) is 7.53. The Kier molecular flexibility index (Phi) is 7.67. The van der Waals surface area contributed by atoms with Crippen LogP contribution in [0.3, 0.4) is 0 Å². The highest BCUT2D eigenvalue weighted by molar-refractivity contribution is 5.71. The van der Waals surface area contributed by atoms with Crippen molar-refractivity contribution in [3.63, 3.8) is 0 Å². The molecule has 0 aliphatic carbocycles. The summed E-state index contributed by atoms with van der Waals surface area (Å²) in [7, 11) is 0. The molecule has 0 aromatic carbocycles. The molecule has 124 valence electrons. The number of carbonyl (C=O) groups is 1. The largest absolute Gasteiger partial charge is 0.465 e. The van der Waals surface area contributed by atoms with Crippen LogP contribution in [0.1, 0.15) is 53.9 Å². The summed E-state index contributed by atoms with van der Waals surface area (Å²) in [5, 5.41) is 3.69. The van der Waals surface area contributed by atoms with E-state index < -0.39 is 0 Å². The van der Waals surface area contributed by atoms with Crippen molar-refractivity contribution in [1.29, 1.82) is 0 Å². The highest BCUT2D eigenvalue weighted by Crippen LogP contribution is 2.22. The predicted octanol–water partition coefficient (Wildman–Crippen LogP) is 2.68. The predicted molar refractivity (Wildman–Crippen MR) is 87.3 cm³/mol. The summed E-state index contributed by atoms with van der Waals surface area (Å²) in [6.07, 6.45) is 3.68. The van der Waals surface area contributed by atoms with Crippen LogP contribution in [0.2, 0.25) is 0 Å². The van der Waals surface area contributed by atoms with Gasteiger partial charge in [0.25, 0.3) is 0 Å². The van der Waals surface area contributed by atoms with Crippen molar-refractivity contribution < 1.29 is 9.53 Å². The van der Waals surface area contributed by atoms with E-state index in [2.05, 4.69) is 37.9 Å². The van der Waals surface area contributed by atoms with Crippen LogP contribution in [0.4, 0.5) is 0 Å². The summed E-state index contributed by atoms with van der Waals surface area (Å²) < 4.78 is 5.09. The molecule has 4 nitrogen and oxygen atoms in total. The molecule has 21 heavy (non-hydrogen) atoms. The topological polar surface area (TPSA) is 41.6 Å². The molecule has 0 spiro atoms. The van der Waals surface area contributed by atoms with E-state index in [-0.39, 0.29) is 5.97 Å². The molecule has 2 unspecified atom stereocenters. The number of nitrogens with zero attached hydrogens (tertiary/aromatic N) is 1. The Bertz CT molecular complexity index is 312. The molecule has 0 amide bonds. The van der Waals surface area contributed by atoms with E-state index in [1.165, 1.54) is 19.3 Å². The molecule has 0 aromatic rings. The van der Waals surface area contributed by atoms with Crippen LogP contribution < -0.4 is 5.32 Å². The van der Waals surface area contributed by atoms with Crippen LogP contribution in [0, 0.1) is 11.3 Å². The third-order valence-corrected chi connectivity index (χ3v) is 3.89. The van der Waals surface area contributed by atoms with Gasteiger partial charge in [-0.2, -0.15) is 0 Å². The average molecular weight is 298 g/mol. The smallest absolute Gasteiger partial charge is 0.320 e. The van der Waals surface area contributed by atoms with Crippen molar-refractivity contribution in [2.75, 3.05) is 32.8 Å². The van der Waals surface area contributed by atoms with Crippen molar-refractivity contribution in [3.05, 3.63) is 0 Å². The van der Waals surface area contributed by atoms with Crippen LogP contribution >= 0.6 is 0 Å². The maximum atomic E-state index is 11.7. The molecule has 1 aliphatic heterocycles. The van der Waals surface area contributed by atoms with Gasteiger partial charge in [0.05, 0.1) is 13.2 Å². The fourth-order valence-corrected chi connectivity index (χ4v) is 3.04. The summed E-state index contributed by atoms with van der Waals surface area (Å²) in [6.45, 7) is 14.8. The molecule has 0 bridgehead atoms. The fraction of sp³-hybridized carbons (Fsp3) is 0.941. The molecule has 1 fully saturated rings. The highest BCUT2D eigenvalue weighted by Gasteiger charge is 2.28. The number of likely N-dealkylation sites (tertiary alicyclic amines) is 1. The lowest BCUT2D eigenvalue weighted by molar-refractivity contribution is -0.145. The summed E-state index contributed by atoms with van der Waals surface area (Å²) in [5.41, 5.74) is 0.295. The first-order valence-electron chi connectivity index (χ1n) is 8.45. The first-order chi connectivity index (χ1) is 9.84. The second-order valence-electron chi connectivity index (χ2n) is 7.53. The van der Waals surface area contributed by atoms with E-state index in [0.29, 0.717) is 30.5 Å². The van der Waals surface area contributed by atoms with Gasteiger partial charge in [0.1, 0.15) is 0 Å². The normalized spacial score (nSPS) is 24.0. The Morgan fingerprint density at radius 3 is 2.57 bits per heavy atom. The number of hydrogen-bond donors (Lipinski definition) is 1. The molecule has 0 saturated carbocycles. The minimum atomic E-state index is -0.0933. The first-order valence-corrected chi connectivity index (χ1v) is 8.45. The molecule has 4 heteroatoms. The van der Waals surface area contributed by atoms with Gasteiger partial charge in [0.15, 0.2) is 0 Å². The average Bonchev–Trinajstić information content (AvgIpc) is 2.36. The van der Waals surface area contributed by atoms with Gasteiger partial charge < -0.3 is 10.1 Å². The van der Waals surface area contributed by atoms with Crippen molar-refractivity contribution in [2.24, 2.45) is 11.3 Å². The fourth-order valence-electron chi connectivity index (χ4n) is 3.04. The van der Waals surface area contributed by atoms with Gasteiger partial charge in [0.2, 0.25) is 0 Å². The Labute approximate surface area is 130 Å². The lowest BCUT2D eigenvalue weighted by atomic mass is 9.89. The maximum Gasteiger partial charge on any atom is 0.320 e. The molecule has 0 aromatic heterocycles. The van der Waals surface area contributed by atoms with Crippen LogP contribution in [-0.4, -0.2) is 49.7 Å².